The van der Waals surface area contributed by atoms with Gasteiger partial charge in [0.25, 0.3) is 0 Å². The molecule has 0 N–H and O–H groups in total. The molecule has 2 saturated heterocycles. The Bertz CT molecular complexity index is 4390. The van der Waals surface area contributed by atoms with E-state index in [2.05, 4.69) is 322 Å². The normalized spacial score (nSPS) is 30.4. The van der Waals surface area contributed by atoms with Gasteiger partial charge in [-0.25, -0.2) is 0 Å². The Kier molecular flexibility index (Phi) is 18.1. The summed E-state index contributed by atoms with van der Waals surface area (Å²) in [6, 6.07) is 19.1. The van der Waals surface area contributed by atoms with Gasteiger partial charge in [-0.2, -0.15) is 0 Å². The number of aryl methyl sites for hydroxylation is 4. The van der Waals surface area contributed by atoms with E-state index in [1.807, 2.05) is 0 Å². The molecule has 2 heterocycles. The zero-order valence-electron chi connectivity index (χ0n) is 65.2. The predicted molar refractivity (Wildman–Crippen MR) is 454 cm³/mol. The van der Waals surface area contributed by atoms with Crippen molar-refractivity contribution in [3.8, 4) is 0 Å². The summed E-state index contributed by atoms with van der Waals surface area (Å²) in [7, 11) is 18.0. The number of rotatable bonds is 8. The molecule has 9 heteroatoms. The van der Waals surface area contributed by atoms with E-state index < -0.39 is 43.4 Å². The van der Waals surface area contributed by atoms with E-state index in [-0.39, 0.29) is 45.3 Å². The summed E-state index contributed by atoms with van der Waals surface area (Å²) in [6.07, 6.45) is 52.7. The summed E-state index contributed by atoms with van der Waals surface area (Å²) < 4.78 is -3.25. The minimum atomic E-state index is -8.07. The third kappa shape index (κ3) is 8.99. The predicted octanol–water partition coefficient (Wildman–Crippen LogP) is 28.8. The molecule has 10 aliphatic rings. The van der Waals surface area contributed by atoms with E-state index in [1.165, 1.54) is 134 Å². The summed E-state index contributed by atoms with van der Waals surface area (Å²) in [5.74, 6) is -0.614. The van der Waals surface area contributed by atoms with Gasteiger partial charge in [0.15, 0.2) is 0 Å². The van der Waals surface area contributed by atoms with Crippen LogP contribution in [-0.2, 0) is 62.0 Å². The van der Waals surface area contributed by atoms with Gasteiger partial charge < -0.3 is 0 Å². The zero-order valence-corrected chi connectivity index (χ0v) is 75.7. The number of halogens is 6. The summed E-state index contributed by atoms with van der Waals surface area (Å²) in [5.41, 5.74) is 30.0. The second-order valence-electron chi connectivity index (χ2n) is 36.5. The Hall–Kier alpha value is -4.24. The molecule has 14 rings (SSSR count). The number of hydrogen-bond donors (Lipinski definition) is 0. The summed E-state index contributed by atoms with van der Waals surface area (Å²) in [5, 5.41) is 3.29. The molecule has 0 bridgehead atoms. The van der Waals surface area contributed by atoms with Crippen molar-refractivity contribution in [1.29, 1.82) is 0 Å². The first kappa shape index (κ1) is 75.6. The van der Waals surface area contributed by atoms with Crippen LogP contribution in [-0.4, -0.2) is 17.6 Å². The number of fused-ring (bicyclic) bond motifs is 8. The van der Waals surface area contributed by atoms with Crippen molar-refractivity contribution in [3.05, 3.63) is 324 Å². The Morgan fingerprint density at radius 3 is 0.699 bits per heavy atom. The molecule has 0 amide bonds. The van der Waals surface area contributed by atoms with Crippen molar-refractivity contribution in [2.24, 2.45) is 0 Å². The quantitative estimate of drug-likeness (QED) is 0.154. The van der Waals surface area contributed by atoms with E-state index in [0.29, 0.717) is 0 Å². The number of benzene rings is 4. The van der Waals surface area contributed by atoms with E-state index in [0.717, 1.165) is 45.8 Å². The Morgan fingerprint density at radius 1 is 0.330 bits per heavy atom. The van der Waals surface area contributed by atoms with E-state index >= 15 is 0 Å². The maximum absolute atomic E-state index is 11.7. The monoisotopic (exact) mass is 1680 g/mol. The standard InChI is InChI=1S/2C47H54Cl2Si.2ClH.Hf/c2*1-12-30-24-32(26-40(48)42(30)46(5,6)7)34-18-14-16-20-36-38(34)22-28(3)44(36)50(11)45-29(4)23-39-35(19-15-17-21-37(39)45)33-25-31(13-2)43(41(49)27-33)47(8,9)10;;;/h2*14-27,34-35,50H,12-13H2,1-11H3;2*1H;/q;;;;+2/p-2. The first-order valence-corrected chi connectivity index (χ1v) is 60.6. The molecule has 0 radical (unpaired) electrons. The Balaban J connectivity index is 1.19. The van der Waals surface area contributed by atoms with Crippen LogP contribution >= 0.6 is 63.6 Å². The summed E-state index contributed by atoms with van der Waals surface area (Å²) in [6.45, 7) is 52.2. The Labute approximate surface area is 647 Å². The average Bonchev–Trinajstić information content (AvgIpc) is 1.52. The van der Waals surface area contributed by atoms with Crippen molar-refractivity contribution in [3.63, 3.8) is 0 Å². The molecule has 103 heavy (non-hydrogen) atoms. The summed E-state index contributed by atoms with van der Waals surface area (Å²) >= 11 is 23.0. The second-order valence-corrected chi connectivity index (χ2v) is 92.5. The first-order valence-electron chi connectivity index (χ1n) is 38.4. The molecule has 2 fully saturated rings. The van der Waals surface area contributed by atoms with Gasteiger partial charge in [-0.1, -0.05) is 0 Å². The first-order chi connectivity index (χ1) is 48.2. The van der Waals surface area contributed by atoms with Gasteiger partial charge in [-0.05, 0) is 0 Å². The van der Waals surface area contributed by atoms with Crippen molar-refractivity contribution in [2.45, 2.75) is 234 Å². The van der Waals surface area contributed by atoms with Crippen LogP contribution in [0.25, 0.3) is 0 Å². The van der Waals surface area contributed by atoms with Gasteiger partial charge in [-0.3, -0.25) is 0 Å². The van der Waals surface area contributed by atoms with Gasteiger partial charge in [0.1, 0.15) is 0 Å². The fraction of sp³-hybridized carbons (Fsp3) is 0.404. The molecule has 4 aromatic rings. The molecule has 0 saturated carbocycles. The molecule has 538 valence electrons. The van der Waals surface area contributed by atoms with Crippen LogP contribution in [0.2, 0.25) is 44.4 Å². The molecule has 8 aliphatic carbocycles. The molecule has 0 aromatic heterocycles. The van der Waals surface area contributed by atoms with Crippen LogP contribution in [0, 0.1) is 0 Å². The van der Waals surface area contributed by atoms with Gasteiger partial charge in [0, 0.05) is 0 Å². The van der Waals surface area contributed by atoms with Gasteiger partial charge in [0.2, 0.25) is 0 Å². The van der Waals surface area contributed by atoms with Crippen molar-refractivity contribution in [2.75, 3.05) is 0 Å². The molecule has 8 unspecified atom stereocenters. The molecule has 8 atom stereocenters. The maximum atomic E-state index is 11.7. The number of allylic oxidation sites excluding steroid dienone is 32. The minimum absolute atomic E-state index is 0.153. The summed E-state index contributed by atoms with van der Waals surface area (Å²) in [4.78, 5) is 0. The fourth-order valence-electron chi connectivity index (χ4n) is 25.8. The Morgan fingerprint density at radius 2 is 0.524 bits per heavy atom. The van der Waals surface area contributed by atoms with E-state index in [4.69, 9.17) is 46.4 Å². The second kappa shape index (κ2) is 24.6. The third-order valence-electron chi connectivity index (χ3n) is 27.9. The van der Waals surface area contributed by atoms with E-state index in [1.54, 1.807) is 0 Å². The van der Waals surface area contributed by atoms with Crippen LogP contribution in [0.1, 0.15) is 229 Å². The van der Waals surface area contributed by atoms with Gasteiger partial charge >= 0.3 is 653 Å². The van der Waals surface area contributed by atoms with Crippen molar-refractivity contribution >= 4 is 81.2 Å². The van der Waals surface area contributed by atoms with Crippen LogP contribution in [0.15, 0.2) is 237 Å². The molecular formula is C94H108Cl6HfSi2. The average molecular weight is 1690 g/mol. The van der Waals surface area contributed by atoms with Crippen LogP contribution in [0.5, 0.6) is 0 Å². The van der Waals surface area contributed by atoms with Crippen molar-refractivity contribution < 1.29 is 14.7 Å². The van der Waals surface area contributed by atoms with Crippen LogP contribution in [0.3, 0.4) is 0 Å². The topological polar surface area (TPSA) is 0 Å². The van der Waals surface area contributed by atoms with Crippen LogP contribution < -0.4 is 0 Å². The molecule has 5 spiro atoms. The SMILES string of the molecule is CCc1cc(C2C=CC=CC3=C2C=C(C)[C]32[SiH](C)[C]3(C(C)=CC4=C3C=CC=CC4c3cc(Cl)c(C(C)(C)C)c(CC)c3)[Hf]23([Cl])([Cl])[C]2(C(C)=CC4=C2C=CC=CC4c2cc(Cl)c(C(C)(C)C)c(CC)c2)[SiH](C)[C]32C(C)=CC3=C2C=CC=CC3c2cc(Cl)c(C(C)(C)C)c(CC)c2)cc(Cl)c1C(C)(C)C. The zero-order chi connectivity index (χ0) is 74.7. The molecular weight excluding hydrogens is 1580 g/mol. The third-order valence-corrected chi connectivity index (χ3v) is 146. The van der Waals surface area contributed by atoms with E-state index in [9.17, 15) is 17.2 Å². The molecule has 2 aliphatic heterocycles. The van der Waals surface area contributed by atoms with Gasteiger partial charge in [0.05, 0.1) is 0 Å². The molecule has 0 nitrogen and oxygen atoms in total. The van der Waals surface area contributed by atoms with Crippen LogP contribution in [0.4, 0.5) is 0 Å². The van der Waals surface area contributed by atoms with Crippen molar-refractivity contribution in [1.82, 2.24) is 0 Å². The fourth-order valence-corrected chi connectivity index (χ4v) is 200. The van der Waals surface area contributed by atoms with Gasteiger partial charge in [-0.15, -0.1) is 0 Å². The number of hydrogen-bond acceptors (Lipinski definition) is 0. The molecule has 4 aromatic carbocycles.